The van der Waals surface area contributed by atoms with Gasteiger partial charge in [0.15, 0.2) is 0 Å². The van der Waals surface area contributed by atoms with Crippen LogP contribution < -0.4 is 21.2 Å². The highest BCUT2D eigenvalue weighted by atomic mass is 31.1. The van der Waals surface area contributed by atoms with Crippen molar-refractivity contribution in [3.63, 3.8) is 0 Å². The first-order valence-electron chi connectivity index (χ1n) is 9.75. The Morgan fingerprint density at radius 1 is 0.833 bits per heavy atom. The molecule has 0 aliphatic carbocycles. The normalized spacial score (nSPS) is 11.2. The van der Waals surface area contributed by atoms with Gasteiger partial charge in [0.1, 0.15) is 0 Å². The Labute approximate surface area is 179 Å². The van der Waals surface area contributed by atoms with Gasteiger partial charge >= 0.3 is 5.97 Å². The molecule has 0 aliphatic rings. The third-order valence-electron chi connectivity index (χ3n) is 4.42. The number of ether oxygens (including phenoxy) is 1. The first-order chi connectivity index (χ1) is 14.3. The maximum atomic E-state index is 12.8. The van der Waals surface area contributed by atoms with Crippen LogP contribution in [0.1, 0.15) is 41.5 Å². The zero-order chi connectivity index (χ0) is 21.7. The predicted octanol–water partition coefficient (Wildman–Crippen LogP) is 3.76. The third kappa shape index (κ3) is 5.14. The van der Waals surface area contributed by atoms with Crippen LogP contribution in [0.5, 0.6) is 0 Å². The van der Waals surface area contributed by atoms with Gasteiger partial charge in [-0.1, -0.05) is 60.7 Å². The molecular formula is C25H26NO3P. The second kappa shape index (κ2) is 9.23. The van der Waals surface area contributed by atoms with Crippen molar-refractivity contribution in [3.8, 4) is 0 Å². The van der Waals surface area contributed by atoms with Crippen molar-refractivity contribution >= 4 is 35.7 Å². The molecule has 0 fully saturated rings. The minimum Gasteiger partial charge on any atom is -0.465 e. The molecule has 0 atom stereocenters. The molecule has 3 rings (SSSR count). The number of hydrogen-bond donors (Lipinski definition) is 1. The van der Waals surface area contributed by atoms with E-state index in [4.69, 9.17) is 4.74 Å². The van der Waals surface area contributed by atoms with Gasteiger partial charge in [-0.2, -0.15) is 0 Å². The molecule has 0 saturated heterocycles. The van der Waals surface area contributed by atoms with Crippen LogP contribution in [0, 0.1) is 0 Å². The number of esters is 1. The molecule has 3 aromatic carbocycles. The Morgan fingerprint density at radius 2 is 1.37 bits per heavy atom. The quantitative estimate of drug-likeness (QED) is 0.506. The van der Waals surface area contributed by atoms with Crippen LogP contribution in [0.4, 0.5) is 0 Å². The smallest absolute Gasteiger partial charge is 0.338 e. The molecule has 0 spiro atoms. The number of rotatable bonds is 5. The number of amides is 1. The Hall–Kier alpha value is -2.97. The molecule has 1 amide bonds. The molecule has 0 aromatic heterocycles. The van der Waals surface area contributed by atoms with E-state index in [0.29, 0.717) is 11.1 Å². The number of carbonyl (C=O) groups excluding carboxylic acids is 2. The highest BCUT2D eigenvalue weighted by Gasteiger charge is 2.25. The summed E-state index contributed by atoms with van der Waals surface area (Å²) in [6.07, 6.45) is 0. The van der Waals surface area contributed by atoms with Gasteiger partial charge < -0.3 is 10.1 Å². The largest absolute Gasteiger partial charge is 0.465 e. The van der Waals surface area contributed by atoms with E-state index in [-0.39, 0.29) is 11.4 Å². The second-order valence-electron chi connectivity index (χ2n) is 7.93. The van der Waals surface area contributed by atoms with Crippen molar-refractivity contribution in [1.82, 2.24) is 5.32 Å². The third-order valence-corrected chi connectivity index (χ3v) is 6.90. The standard InChI is InChI=1S/C25H26NO3P/c1-25(2,3)26-23(27)18-15-16-21(24(28)29-4)22(17-18)30(19-11-7-5-8-12-19)20-13-9-6-10-14-20/h5-17H,1-4H3,(H,26,27). The average Bonchev–Trinajstić information content (AvgIpc) is 2.73. The molecule has 0 unspecified atom stereocenters. The minimum atomic E-state index is -1.06. The van der Waals surface area contributed by atoms with E-state index in [1.807, 2.05) is 63.2 Å². The zero-order valence-electron chi connectivity index (χ0n) is 17.7. The average molecular weight is 419 g/mol. The van der Waals surface area contributed by atoms with Crippen molar-refractivity contribution in [2.24, 2.45) is 0 Å². The van der Waals surface area contributed by atoms with Crippen LogP contribution in [-0.4, -0.2) is 24.5 Å². The van der Waals surface area contributed by atoms with Gasteiger partial charge in [-0.25, -0.2) is 4.79 Å². The van der Waals surface area contributed by atoms with E-state index in [2.05, 4.69) is 29.6 Å². The summed E-state index contributed by atoms with van der Waals surface area (Å²) in [5.41, 5.74) is 0.637. The van der Waals surface area contributed by atoms with Gasteiger partial charge in [0, 0.05) is 16.4 Å². The molecule has 1 N–H and O–H groups in total. The molecule has 0 radical (unpaired) electrons. The minimum absolute atomic E-state index is 0.170. The summed E-state index contributed by atoms with van der Waals surface area (Å²) in [6.45, 7) is 5.82. The lowest BCUT2D eigenvalue weighted by Crippen LogP contribution is -2.41. The Bertz CT molecular complexity index is 988. The Kier molecular flexibility index (Phi) is 6.69. The maximum Gasteiger partial charge on any atom is 0.338 e. The fourth-order valence-corrected chi connectivity index (χ4v) is 5.60. The molecule has 5 heteroatoms. The molecule has 0 aliphatic heterocycles. The SMILES string of the molecule is COC(=O)c1ccc(C(=O)NC(C)(C)C)cc1P(c1ccccc1)c1ccccc1. The van der Waals surface area contributed by atoms with Crippen molar-refractivity contribution in [1.29, 1.82) is 0 Å². The summed E-state index contributed by atoms with van der Waals surface area (Å²) < 4.78 is 5.05. The summed E-state index contributed by atoms with van der Waals surface area (Å²) in [4.78, 5) is 25.4. The predicted molar refractivity (Wildman–Crippen MR) is 124 cm³/mol. The number of nitrogens with one attached hydrogen (secondary N) is 1. The van der Waals surface area contributed by atoms with E-state index in [0.717, 1.165) is 15.9 Å². The molecule has 154 valence electrons. The van der Waals surface area contributed by atoms with Gasteiger partial charge in [0.25, 0.3) is 5.91 Å². The van der Waals surface area contributed by atoms with Gasteiger partial charge in [-0.15, -0.1) is 0 Å². The maximum absolute atomic E-state index is 12.8. The topological polar surface area (TPSA) is 55.4 Å². The monoisotopic (exact) mass is 419 g/mol. The van der Waals surface area contributed by atoms with Crippen LogP contribution in [0.3, 0.4) is 0 Å². The molecule has 0 heterocycles. The van der Waals surface area contributed by atoms with Crippen LogP contribution in [0.25, 0.3) is 0 Å². The summed E-state index contributed by atoms with van der Waals surface area (Å²) in [5.74, 6) is -0.580. The fraction of sp³-hybridized carbons (Fsp3) is 0.200. The molecule has 30 heavy (non-hydrogen) atoms. The second-order valence-corrected chi connectivity index (χ2v) is 10.1. The van der Waals surface area contributed by atoms with E-state index < -0.39 is 13.9 Å². The van der Waals surface area contributed by atoms with Crippen LogP contribution in [-0.2, 0) is 4.74 Å². The van der Waals surface area contributed by atoms with Crippen molar-refractivity contribution in [2.45, 2.75) is 26.3 Å². The van der Waals surface area contributed by atoms with Crippen LogP contribution >= 0.6 is 7.92 Å². The lowest BCUT2D eigenvalue weighted by atomic mass is 10.1. The van der Waals surface area contributed by atoms with Crippen molar-refractivity contribution in [3.05, 3.63) is 90.0 Å². The van der Waals surface area contributed by atoms with Gasteiger partial charge in [-0.05, 0) is 57.5 Å². The summed E-state index contributed by atoms with van der Waals surface area (Å²) in [5, 5.41) is 5.99. The Morgan fingerprint density at radius 3 is 1.83 bits per heavy atom. The van der Waals surface area contributed by atoms with Crippen molar-refractivity contribution in [2.75, 3.05) is 7.11 Å². The van der Waals surface area contributed by atoms with Crippen LogP contribution in [0.2, 0.25) is 0 Å². The number of hydrogen-bond acceptors (Lipinski definition) is 3. The molecule has 3 aromatic rings. The van der Waals surface area contributed by atoms with E-state index in [1.54, 1.807) is 12.1 Å². The van der Waals surface area contributed by atoms with E-state index in [1.165, 1.54) is 7.11 Å². The molecular weight excluding hydrogens is 393 g/mol. The van der Waals surface area contributed by atoms with Gasteiger partial charge in [0.05, 0.1) is 12.7 Å². The lowest BCUT2D eigenvalue weighted by Gasteiger charge is -2.24. The molecule has 0 bridgehead atoms. The summed E-state index contributed by atoms with van der Waals surface area (Å²) >= 11 is 0. The van der Waals surface area contributed by atoms with E-state index in [9.17, 15) is 9.59 Å². The van der Waals surface area contributed by atoms with Gasteiger partial charge in [0.2, 0.25) is 0 Å². The van der Waals surface area contributed by atoms with Crippen molar-refractivity contribution < 1.29 is 14.3 Å². The highest BCUT2D eigenvalue weighted by Crippen LogP contribution is 2.34. The lowest BCUT2D eigenvalue weighted by molar-refractivity contribution is 0.0602. The summed E-state index contributed by atoms with van der Waals surface area (Å²) in [7, 11) is 0.315. The van der Waals surface area contributed by atoms with E-state index >= 15 is 0 Å². The summed E-state index contributed by atoms with van der Waals surface area (Å²) in [6, 6.07) is 25.3. The molecule has 0 saturated carbocycles. The van der Waals surface area contributed by atoms with Gasteiger partial charge in [-0.3, -0.25) is 4.79 Å². The first kappa shape index (κ1) is 21.7. The highest BCUT2D eigenvalue weighted by molar-refractivity contribution is 7.80. The number of carbonyl (C=O) groups is 2. The Balaban J connectivity index is 2.21. The number of benzene rings is 3. The van der Waals surface area contributed by atoms with Crippen LogP contribution in [0.15, 0.2) is 78.9 Å². The molecule has 4 nitrogen and oxygen atoms in total. The fourth-order valence-electron chi connectivity index (χ4n) is 3.13. The first-order valence-corrected chi connectivity index (χ1v) is 11.1. The zero-order valence-corrected chi connectivity index (χ0v) is 18.6. The number of methoxy groups -OCH3 is 1.